The number of likely N-dealkylation sites (tertiary alicyclic amines) is 1. The van der Waals surface area contributed by atoms with Crippen LogP contribution in [0.25, 0.3) is 33.2 Å². The number of nitrogens with zero attached hydrogens (tertiary/aromatic N) is 3. The molecule has 1 atom stereocenters. The van der Waals surface area contributed by atoms with Gasteiger partial charge in [0.2, 0.25) is 0 Å². The molecule has 1 aliphatic heterocycles. The molecule has 216 valence electrons. The number of fused-ring (bicyclic) bond motifs is 1. The van der Waals surface area contributed by atoms with Gasteiger partial charge in [0.1, 0.15) is 5.75 Å². The van der Waals surface area contributed by atoms with E-state index in [2.05, 4.69) is 64.8 Å². The molecule has 0 saturated carbocycles. The summed E-state index contributed by atoms with van der Waals surface area (Å²) in [6.45, 7) is 3.70. The molecule has 2 N–H and O–H groups in total. The van der Waals surface area contributed by atoms with Crippen LogP contribution < -0.4 is 10.1 Å². The number of ether oxygens (including phenoxy) is 1. The zero-order chi connectivity index (χ0) is 29.2. The Morgan fingerprint density at radius 1 is 0.952 bits per heavy atom. The predicted octanol–water partition coefficient (Wildman–Crippen LogP) is 7.02. The summed E-state index contributed by atoms with van der Waals surface area (Å²) in [5.74, 6) is 0.798. The van der Waals surface area contributed by atoms with Crippen LogP contribution in [0.4, 0.5) is 0 Å². The van der Waals surface area contributed by atoms with Gasteiger partial charge in [0, 0.05) is 53.3 Å². The van der Waals surface area contributed by atoms with Crippen LogP contribution in [0.2, 0.25) is 10.0 Å². The van der Waals surface area contributed by atoms with Crippen LogP contribution in [0.15, 0.2) is 79.0 Å². The van der Waals surface area contributed by atoms with Gasteiger partial charge in [-0.2, -0.15) is 5.10 Å². The van der Waals surface area contributed by atoms with Crippen LogP contribution in [0.1, 0.15) is 23.1 Å². The first-order chi connectivity index (χ1) is 20.4. The van der Waals surface area contributed by atoms with Crippen molar-refractivity contribution in [1.29, 1.82) is 0 Å². The number of aliphatic hydroxyl groups excluding tert-OH is 1. The first kappa shape index (κ1) is 28.7. The van der Waals surface area contributed by atoms with E-state index in [-0.39, 0.29) is 6.10 Å². The average Bonchev–Trinajstić information content (AvgIpc) is 3.60. The molecule has 1 fully saturated rings. The zero-order valence-corrected chi connectivity index (χ0v) is 25.3. The molecule has 0 amide bonds. The number of halogens is 2. The number of hydrogen-bond acceptors (Lipinski definition) is 5. The topological polar surface area (TPSA) is 62.6 Å². The highest BCUT2D eigenvalue weighted by Crippen LogP contribution is 2.39. The predicted molar refractivity (Wildman–Crippen MR) is 171 cm³/mol. The van der Waals surface area contributed by atoms with Crippen molar-refractivity contribution < 1.29 is 9.84 Å². The van der Waals surface area contributed by atoms with Gasteiger partial charge in [-0.05, 0) is 53.9 Å². The van der Waals surface area contributed by atoms with E-state index >= 15 is 0 Å². The Bertz CT molecular complexity index is 1720. The summed E-state index contributed by atoms with van der Waals surface area (Å²) in [6, 6.07) is 24.9. The number of hydrogen-bond donors (Lipinski definition) is 2. The number of aromatic nitrogens is 2. The average molecular weight is 602 g/mol. The van der Waals surface area contributed by atoms with Crippen molar-refractivity contribution in [3.05, 3.63) is 106 Å². The molecule has 8 heteroatoms. The Hall–Kier alpha value is -3.39. The normalized spacial score (nSPS) is 15.5. The SMILES string of the molecule is CNCc1cc(Cl)c(Cn2ncc3c(-c4cccc(-c5ccc(CN6CC[C@@H](O)C6)cc5)c4Cl)cccc32)cc1OC. The van der Waals surface area contributed by atoms with Gasteiger partial charge in [-0.15, -0.1) is 0 Å². The van der Waals surface area contributed by atoms with Gasteiger partial charge in [-0.25, -0.2) is 0 Å². The molecule has 0 spiro atoms. The molecule has 0 aliphatic carbocycles. The van der Waals surface area contributed by atoms with Crippen LogP contribution in [0.3, 0.4) is 0 Å². The Kier molecular flexibility index (Phi) is 8.52. The third-order valence-corrected chi connectivity index (χ3v) is 8.79. The molecular weight excluding hydrogens is 567 g/mol. The second-order valence-electron chi connectivity index (χ2n) is 10.9. The summed E-state index contributed by atoms with van der Waals surface area (Å²) >= 11 is 13.8. The maximum atomic E-state index is 9.84. The van der Waals surface area contributed by atoms with E-state index in [9.17, 15) is 5.11 Å². The summed E-state index contributed by atoms with van der Waals surface area (Å²) in [4.78, 5) is 2.29. The van der Waals surface area contributed by atoms with E-state index in [0.717, 1.165) is 76.1 Å². The van der Waals surface area contributed by atoms with Crippen LogP contribution in [-0.2, 0) is 19.6 Å². The Balaban J connectivity index is 1.29. The first-order valence-electron chi connectivity index (χ1n) is 14.2. The zero-order valence-electron chi connectivity index (χ0n) is 23.8. The number of benzene rings is 4. The molecular formula is C34H34Cl2N4O2. The number of aliphatic hydroxyl groups is 1. The molecule has 1 aliphatic rings. The van der Waals surface area contributed by atoms with Crippen LogP contribution in [-0.4, -0.2) is 53.1 Å². The van der Waals surface area contributed by atoms with Crippen LogP contribution in [0, 0.1) is 0 Å². The van der Waals surface area contributed by atoms with Crippen molar-refractivity contribution >= 4 is 34.1 Å². The van der Waals surface area contributed by atoms with Crippen molar-refractivity contribution in [3.63, 3.8) is 0 Å². The fourth-order valence-electron chi connectivity index (χ4n) is 5.87. The summed E-state index contributed by atoms with van der Waals surface area (Å²) in [7, 11) is 3.57. The van der Waals surface area contributed by atoms with E-state index < -0.39 is 0 Å². The highest BCUT2D eigenvalue weighted by Gasteiger charge is 2.20. The fraction of sp³-hybridized carbons (Fsp3) is 0.265. The van der Waals surface area contributed by atoms with Gasteiger partial charge in [-0.1, -0.05) is 77.8 Å². The van der Waals surface area contributed by atoms with E-state index in [0.29, 0.717) is 23.1 Å². The van der Waals surface area contributed by atoms with Gasteiger partial charge in [-0.3, -0.25) is 9.58 Å². The molecule has 0 bridgehead atoms. The van der Waals surface area contributed by atoms with E-state index in [4.69, 9.17) is 33.0 Å². The second kappa shape index (κ2) is 12.5. The van der Waals surface area contributed by atoms with Crippen molar-refractivity contribution in [2.45, 2.75) is 32.2 Å². The molecule has 2 heterocycles. The molecule has 4 aromatic carbocycles. The van der Waals surface area contributed by atoms with Gasteiger partial charge < -0.3 is 15.2 Å². The summed E-state index contributed by atoms with van der Waals surface area (Å²) in [6.07, 6.45) is 2.54. The van der Waals surface area contributed by atoms with Gasteiger partial charge >= 0.3 is 0 Å². The lowest BCUT2D eigenvalue weighted by Gasteiger charge is -2.16. The highest BCUT2D eigenvalue weighted by atomic mass is 35.5. The first-order valence-corrected chi connectivity index (χ1v) is 14.9. The lowest BCUT2D eigenvalue weighted by atomic mass is 9.96. The van der Waals surface area contributed by atoms with Gasteiger partial charge in [0.15, 0.2) is 0 Å². The third-order valence-electron chi connectivity index (χ3n) is 8.03. The molecule has 42 heavy (non-hydrogen) atoms. The lowest BCUT2D eigenvalue weighted by Crippen LogP contribution is -2.21. The highest BCUT2D eigenvalue weighted by molar-refractivity contribution is 6.36. The Morgan fingerprint density at radius 3 is 2.45 bits per heavy atom. The standard InChI is InChI=1S/C34H34Cl2N4O2/c1-37-17-24-15-31(35)25(16-33(24)42-2)20-40-32-8-4-6-28(30(32)18-38-40)29-7-3-5-27(34(29)36)23-11-9-22(10-12-23)19-39-14-13-26(41)21-39/h3-12,15-16,18,26,37,41H,13-14,17,19-21H2,1-2H3/t26-/m1/s1. The van der Waals surface area contributed by atoms with Gasteiger partial charge in [0.25, 0.3) is 0 Å². The molecule has 5 aromatic rings. The van der Waals surface area contributed by atoms with E-state index in [1.165, 1.54) is 5.56 Å². The summed E-state index contributed by atoms with van der Waals surface area (Å²) < 4.78 is 7.59. The summed E-state index contributed by atoms with van der Waals surface area (Å²) in [5.41, 5.74) is 8.23. The quantitative estimate of drug-likeness (QED) is 0.190. The molecule has 1 saturated heterocycles. The fourth-order valence-corrected chi connectivity index (χ4v) is 6.45. The Morgan fingerprint density at radius 2 is 1.71 bits per heavy atom. The minimum absolute atomic E-state index is 0.210. The number of methoxy groups -OCH3 is 1. The maximum absolute atomic E-state index is 9.84. The van der Waals surface area contributed by atoms with E-state index in [1.807, 2.05) is 36.1 Å². The molecule has 1 aromatic heterocycles. The largest absolute Gasteiger partial charge is 0.496 e. The minimum atomic E-state index is -0.210. The van der Waals surface area contributed by atoms with Crippen LogP contribution >= 0.6 is 23.2 Å². The maximum Gasteiger partial charge on any atom is 0.123 e. The van der Waals surface area contributed by atoms with Crippen molar-refractivity contribution in [2.75, 3.05) is 27.2 Å². The minimum Gasteiger partial charge on any atom is -0.496 e. The van der Waals surface area contributed by atoms with E-state index in [1.54, 1.807) is 7.11 Å². The third kappa shape index (κ3) is 5.78. The molecule has 6 rings (SSSR count). The second-order valence-corrected chi connectivity index (χ2v) is 11.7. The van der Waals surface area contributed by atoms with Crippen LogP contribution in [0.5, 0.6) is 5.75 Å². The van der Waals surface area contributed by atoms with Crippen molar-refractivity contribution in [1.82, 2.24) is 20.0 Å². The smallest absolute Gasteiger partial charge is 0.123 e. The lowest BCUT2D eigenvalue weighted by molar-refractivity contribution is 0.175. The molecule has 6 nitrogen and oxygen atoms in total. The van der Waals surface area contributed by atoms with Gasteiger partial charge in [0.05, 0.1) is 36.5 Å². The Labute approximate surface area is 256 Å². The molecule has 0 unspecified atom stereocenters. The molecule has 0 radical (unpaired) electrons. The van der Waals surface area contributed by atoms with Crippen molar-refractivity contribution in [2.24, 2.45) is 0 Å². The number of β-amino-alcohol motifs (C(OH)–C–C–N with tert-alkyl or cyclic N) is 1. The van der Waals surface area contributed by atoms with Crippen molar-refractivity contribution in [3.8, 4) is 28.0 Å². The monoisotopic (exact) mass is 600 g/mol. The number of nitrogens with one attached hydrogen (secondary N) is 1. The number of rotatable bonds is 9. The summed E-state index contributed by atoms with van der Waals surface area (Å²) in [5, 5.41) is 20.1.